The smallest absolute Gasteiger partial charge is 0.311 e. The van der Waals surface area contributed by atoms with Gasteiger partial charge in [0.05, 0.1) is 26.9 Å². The molecule has 152 valence electrons. The summed E-state index contributed by atoms with van der Waals surface area (Å²) in [5.41, 5.74) is 2.23. The van der Waals surface area contributed by atoms with Gasteiger partial charge in [0.15, 0.2) is 6.10 Å². The molecule has 3 aromatic rings. The number of carbonyl (C=O) groups excluding carboxylic acids is 2. The highest BCUT2D eigenvalue weighted by Crippen LogP contribution is 2.26. The summed E-state index contributed by atoms with van der Waals surface area (Å²) in [6.07, 6.45) is 0.619. The first-order valence-corrected chi connectivity index (χ1v) is 9.14. The highest BCUT2D eigenvalue weighted by Gasteiger charge is 2.19. The Morgan fingerprint density at radius 3 is 2.41 bits per heavy atom. The lowest BCUT2D eigenvalue weighted by molar-refractivity contribution is -0.154. The van der Waals surface area contributed by atoms with E-state index < -0.39 is 12.1 Å². The number of hydrogen-bond donors (Lipinski definition) is 1. The van der Waals surface area contributed by atoms with Gasteiger partial charge in [0.25, 0.3) is 5.91 Å². The van der Waals surface area contributed by atoms with Crippen LogP contribution in [0.3, 0.4) is 0 Å². The van der Waals surface area contributed by atoms with Crippen molar-refractivity contribution < 1.29 is 28.2 Å². The molecule has 0 aliphatic heterocycles. The van der Waals surface area contributed by atoms with Crippen LogP contribution in [0.1, 0.15) is 18.1 Å². The maximum Gasteiger partial charge on any atom is 0.311 e. The number of furan rings is 1. The second-order valence-electron chi connectivity index (χ2n) is 6.50. The summed E-state index contributed by atoms with van der Waals surface area (Å²) >= 11 is 0. The number of benzene rings is 2. The van der Waals surface area contributed by atoms with Gasteiger partial charge in [-0.1, -0.05) is 12.1 Å². The Morgan fingerprint density at radius 2 is 1.72 bits per heavy atom. The topological polar surface area (TPSA) is 87.0 Å². The van der Waals surface area contributed by atoms with Crippen molar-refractivity contribution in [3.63, 3.8) is 0 Å². The molecule has 7 nitrogen and oxygen atoms in total. The van der Waals surface area contributed by atoms with Crippen LogP contribution in [0.5, 0.6) is 11.5 Å². The molecule has 7 heteroatoms. The van der Waals surface area contributed by atoms with Crippen molar-refractivity contribution in [2.24, 2.45) is 0 Å². The Bertz CT molecular complexity index is 992. The van der Waals surface area contributed by atoms with Crippen LogP contribution < -0.4 is 14.8 Å². The van der Waals surface area contributed by atoms with E-state index in [1.54, 1.807) is 33.3 Å². The van der Waals surface area contributed by atoms with E-state index in [-0.39, 0.29) is 12.3 Å². The van der Waals surface area contributed by atoms with Crippen molar-refractivity contribution in [2.45, 2.75) is 26.0 Å². The Morgan fingerprint density at radius 1 is 1.03 bits per heavy atom. The lowest BCUT2D eigenvalue weighted by Crippen LogP contribution is -2.35. The predicted molar refractivity (Wildman–Crippen MR) is 107 cm³/mol. The zero-order chi connectivity index (χ0) is 20.8. The molecule has 1 atom stereocenters. The first-order chi connectivity index (χ1) is 14.0. The first-order valence-electron chi connectivity index (χ1n) is 9.14. The van der Waals surface area contributed by atoms with E-state index in [9.17, 15) is 9.59 Å². The lowest BCUT2D eigenvalue weighted by atomic mass is 10.1. The van der Waals surface area contributed by atoms with Crippen LogP contribution in [0, 0.1) is 0 Å². The second-order valence-corrected chi connectivity index (χ2v) is 6.50. The third kappa shape index (κ3) is 5.07. The van der Waals surface area contributed by atoms with Crippen LogP contribution in [0.15, 0.2) is 53.1 Å². The Balaban J connectivity index is 1.52. The van der Waals surface area contributed by atoms with Crippen molar-refractivity contribution in [1.29, 1.82) is 0 Å². The van der Waals surface area contributed by atoms with Crippen LogP contribution in [0.4, 0.5) is 0 Å². The minimum absolute atomic E-state index is 0.00935. The predicted octanol–water partition coefficient (Wildman–Crippen LogP) is 3.24. The van der Waals surface area contributed by atoms with E-state index in [2.05, 4.69) is 5.32 Å². The summed E-state index contributed by atoms with van der Waals surface area (Å²) in [5.74, 6) is 0.544. The van der Waals surface area contributed by atoms with E-state index in [1.165, 1.54) is 6.26 Å². The maximum absolute atomic E-state index is 12.3. The summed E-state index contributed by atoms with van der Waals surface area (Å²) in [6.45, 7) is 1.87. The van der Waals surface area contributed by atoms with Crippen LogP contribution in [0.2, 0.25) is 0 Å². The molecule has 0 bridgehead atoms. The van der Waals surface area contributed by atoms with E-state index in [0.29, 0.717) is 23.4 Å². The number of ether oxygens (including phenoxy) is 3. The Hall–Kier alpha value is -3.48. The van der Waals surface area contributed by atoms with E-state index in [1.807, 2.05) is 30.3 Å². The Kier molecular flexibility index (Phi) is 6.39. The summed E-state index contributed by atoms with van der Waals surface area (Å²) in [5, 5.41) is 3.56. The maximum atomic E-state index is 12.3. The van der Waals surface area contributed by atoms with Gasteiger partial charge in [-0.15, -0.1) is 0 Å². The largest absolute Gasteiger partial charge is 0.497 e. The summed E-state index contributed by atoms with van der Waals surface area (Å²) in [4.78, 5) is 24.5. The van der Waals surface area contributed by atoms with E-state index in [4.69, 9.17) is 18.6 Å². The fourth-order valence-electron chi connectivity index (χ4n) is 2.85. The highest BCUT2D eigenvalue weighted by molar-refractivity contribution is 5.88. The van der Waals surface area contributed by atoms with Crippen LogP contribution in [0.25, 0.3) is 11.0 Å². The molecular formula is C22H23NO6. The van der Waals surface area contributed by atoms with Gasteiger partial charge in [0.2, 0.25) is 0 Å². The molecule has 0 saturated carbocycles. The fraction of sp³-hybridized carbons (Fsp3) is 0.273. The number of carbonyl (C=O) groups is 2. The molecule has 1 amide bonds. The van der Waals surface area contributed by atoms with Crippen molar-refractivity contribution in [2.75, 3.05) is 14.2 Å². The number of rotatable bonds is 8. The molecule has 1 aromatic heterocycles. The molecule has 3 rings (SSSR count). The molecule has 2 aromatic carbocycles. The first kappa shape index (κ1) is 20.3. The number of hydrogen-bond acceptors (Lipinski definition) is 6. The Labute approximate surface area is 168 Å². The zero-order valence-electron chi connectivity index (χ0n) is 16.6. The molecule has 29 heavy (non-hydrogen) atoms. The molecule has 0 radical (unpaired) electrons. The van der Waals surface area contributed by atoms with E-state index in [0.717, 1.165) is 16.7 Å². The summed E-state index contributed by atoms with van der Waals surface area (Å²) in [7, 11) is 3.17. The molecular weight excluding hydrogens is 374 g/mol. The molecule has 0 saturated heterocycles. The van der Waals surface area contributed by atoms with E-state index >= 15 is 0 Å². The standard InChI is InChI=1S/C22H23NO6/c1-14(22(25)23-12-15-4-6-17(26-2)7-5-15)29-21(24)10-16-13-28-20-11-18(27-3)8-9-19(16)20/h4-9,11,13-14H,10,12H2,1-3H3,(H,23,25)/t14-/m1/s1. The van der Waals surface area contributed by atoms with Gasteiger partial charge in [0.1, 0.15) is 17.1 Å². The number of nitrogens with one attached hydrogen (secondary N) is 1. The van der Waals surface area contributed by atoms with Gasteiger partial charge in [-0.25, -0.2) is 0 Å². The van der Waals surface area contributed by atoms with Gasteiger partial charge in [-0.2, -0.15) is 0 Å². The van der Waals surface area contributed by atoms with Crippen LogP contribution >= 0.6 is 0 Å². The average Bonchev–Trinajstić information content (AvgIpc) is 3.13. The van der Waals surface area contributed by atoms with Crippen molar-refractivity contribution in [3.8, 4) is 11.5 Å². The molecule has 0 fully saturated rings. The van der Waals surface area contributed by atoms with Gasteiger partial charge >= 0.3 is 5.97 Å². The number of amides is 1. The summed E-state index contributed by atoms with van der Waals surface area (Å²) in [6, 6.07) is 12.7. The third-order valence-corrected chi connectivity index (χ3v) is 4.50. The average molecular weight is 397 g/mol. The number of methoxy groups -OCH3 is 2. The van der Waals surface area contributed by atoms with Crippen LogP contribution in [-0.4, -0.2) is 32.2 Å². The quantitative estimate of drug-likeness (QED) is 0.587. The fourth-order valence-corrected chi connectivity index (χ4v) is 2.85. The molecule has 1 N–H and O–H groups in total. The molecule has 0 unspecified atom stereocenters. The molecule has 1 heterocycles. The van der Waals surface area contributed by atoms with Gasteiger partial charge in [-0.05, 0) is 36.8 Å². The SMILES string of the molecule is COc1ccc(CNC(=O)[C@@H](C)OC(=O)Cc2coc3cc(OC)ccc23)cc1. The second kappa shape index (κ2) is 9.14. The molecule has 0 spiro atoms. The number of esters is 1. The molecule has 0 aliphatic carbocycles. The highest BCUT2D eigenvalue weighted by atomic mass is 16.5. The monoisotopic (exact) mass is 397 g/mol. The van der Waals surface area contributed by atoms with Gasteiger partial charge in [0, 0.05) is 23.6 Å². The normalized spacial score (nSPS) is 11.7. The minimum atomic E-state index is -0.904. The van der Waals surface area contributed by atoms with Gasteiger partial charge < -0.3 is 23.9 Å². The van der Waals surface area contributed by atoms with Crippen LogP contribution in [-0.2, 0) is 27.3 Å². The lowest BCUT2D eigenvalue weighted by Gasteiger charge is -2.13. The minimum Gasteiger partial charge on any atom is -0.497 e. The zero-order valence-corrected chi connectivity index (χ0v) is 16.6. The third-order valence-electron chi connectivity index (χ3n) is 4.50. The van der Waals surface area contributed by atoms with Crippen molar-refractivity contribution in [3.05, 3.63) is 59.9 Å². The number of fused-ring (bicyclic) bond motifs is 1. The van der Waals surface area contributed by atoms with Crippen molar-refractivity contribution >= 4 is 22.8 Å². The summed E-state index contributed by atoms with van der Waals surface area (Å²) < 4.78 is 21.0. The van der Waals surface area contributed by atoms with Gasteiger partial charge in [-0.3, -0.25) is 9.59 Å². The molecule has 0 aliphatic rings. The van der Waals surface area contributed by atoms with Crippen molar-refractivity contribution in [1.82, 2.24) is 5.32 Å².